The van der Waals surface area contributed by atoms with Gasteiger partial charge in [0.2, 0.25) is 0 Å². The number of ether oxygens (including phenoxy) is 2. The molecule has 0 unspecified atom stereocenters. The molecular formula is C16H24O8. The van der Waals surface area contributed by atoms with Crippen LogP contribution in [0.3, 0.4) is 0 Å². The summed E-state index contributed by atoms with van der Waals surface area (Å²) in [6.45, 7) is 5.88. The van der Waals surface area contributed by atoms with E-state index < -0.39 is 29.9 Å². The van der Waals surface area contributed by atoms with Gasteiger partial charge in [0.25, 0.3) is 12.6 Å². The molecule has 0 atom stereocenters. The molecule has 2 aliphatic rings. The zero-order chi connectivity index (χ0) is 17.6. The maximum Gasteiger partial charge on any atom is 0.335 e. The van der Waals surface area contributed by atoms with Gasteiger partial charge in [-0.15, -0.1) is 0 Å². The van der Waals surface area contributed by atoms with Crippen LogP contribution in [0.4, 0.5) is 0 Å². The molecule has 2 rings (SSSR count). The van der Waals surface area contributed by atoms with E-state index in [2.05, 4.69) is 26.5 Å². The van der Waals surface area contributed by atoms with E-state index in [0.29, 0.717) is 0 Å². The maximum atomic E-state index is 12.4. The fraction of sp³-hybridized carbons (Fsp3) is 0.750. The van der Waals surface area contributed by atoms with Crippen LogP contribution in [-0.4, -0.2) is 37.7 Å². The van der Waals surface area contributed by atoms with Gasteiger partial charge in [-0.1, -0.05) is 40.0 Å². The van der Waals surface area contributed by atoms with Crippen LogP contribution in [0.1, 0.15) is 46.5 Å². The summed E-state index contributed by atoms with van der Waals surface area (Å²) >= 11 is 0. The van der Waals surface area contributed by atoms with Gasteiger partial charge in [-0.2, -0.15) is 19.6 Å². The normalized spacial score (nSPS) is 18.4. The summed E-state index contributed by atoms with van der Waals surface area (Å²) in [6, 6.07) is 0. The Bertz CT molecular complexity index is 476. The van der Waals surface area contributed by atoms with Crippen molar-refractivity contribution < 1.29 is 38.6 Å². The molecule has 0 aliphatic carbocycles. The molecule has 0 aromatic rings. The van der Waals surface area contributed by atoms with Crippen LogP contribution in [0, 0.1) is 5.41 Å². The third-order valence-electron chi connectivity index (χ3n) is 3.79. The molecule has 0 aromatic heterocycles. The molecule has 2 aliphatic heterocycles. The quantitative estimate of drug-likeness (QED) is 0.185. The number of carbonyl (C=O) groups is 2. The van der Waals surface area contributed by atoms with E-state index in [1.54, 1.807) is 0 Å². The zero-order valence-electron chi connectivity index (χ0n) is 14.2. The van der Waals surface area contributed by atoms with E-state index in [4.69, 9.17) is 9.47 Å². The lowest BCUT2D eigenvalue weighted by Gasteiger charge is -2.26. The highest BCUT2D eigenvalue weighted by Gasteiger charge is 2.34. The minimum Gasteiger partial charge on any atom is -0.457 e. The molecule has 136 valence electrons. The van der Waals surface area contributed by atoms with Gasteiger partial charge in [0.15, 0.2) is 0 Å². The first-order valence-corrected chi connectivity index (χ1v) is 8.12. The number of unbranched alkanes of at least 4 members (excludes halogenated alkanes) is 2. The topological polar surface area (TPSA) is 103 Å². The molecule has 0 spiro atoms. The van der Waals surface area contributed by atoms with Gasteiger partial charge >= 0.3 is 11.9 Å². The Morgan fingerprint density at radius 1 is 1.00 bits per heavy atom. The molecule has 24 heavy (non-hydrogen) atoms. The third kappa shape index (κ3) is 6.56. The Balaban J connectivity index is 1.99. The van der Waals surface area contributed by atoms with E-state index in [0.717, 1.165) is 25.7 Å². The summed E-state index contributed by atoms with van der Waals surface area (Å²) in [4.78, 5) is 42.4. The van der Waals surface area contributed by atoms with E-state index in [1.807, 2.05) is 13.8 Å². The number of esters is 2. The summed E-state index contributed by atoms with van der Waals surface area (Å²) in [7, 11) is 0. The van der Waals surface area contributed by atoms with Crippen molar-refractivity contribution in [2.75, 3.05) is 13.2 Å². The van der Waals surface area contributed by atoms with Gasteiger partial charge in [0.05, 0.1) is 0 Å². The average molecular weight is 344 g/mol. The predicted octanol–water partition coefficient (Wildman–Crippen LogP) is 2.18. The molecule has 8 heteroatoms. The molecule has 0 amide bonds. The molecule has 0 N–H and O–H groups in total. The zero-order valence-corrected chi connectivity index (χ0v) is 14.2. The predicted molar refractivity (Wildman–Crippen MR) is 79.8 cm³/mol. The van der Waals surface area contributed by atoms with Crippen molar-refractivity contribution in [3.05, 3.63) is 11.6 Å². The largest absolute Gasteiger partial charge is 0.457 e. The van der Waals surface area contributed by atoms with Crippen molar-refractivity contribution in [3.8, 4) is 0 Å². The number of carbonyl (C=O) groups excluding carboxylic acids is 2. The molecule has 0 radical (unpaired) electrons. The van der Waals surface area contributed by atoms with Crippen LogP contribution in [0.15, 0.2) is 11.6 Å². The Morgan fingerprint density at radius 3 is 2.12 bits per heavy atom. The number of rotatable bonds is 11. The smallest absolute Gasteiger partial charge is 0.335 e. The van der Waals surface area contributed by atoms with Gasteiger partial charge in [0.1, 0.15) is 13.2 Å². The SMILES string of the molecule is CCCCCC(C)(C)/C(=C\C(=O)OCC1OO1)C(=O)OCC1OO1. The number of hydrogen-bond donors (Lipinski definition) is 0. The molecule has 2 fully saturated rings. The van der Waals surface area contributed by atoms with Crippen molar-refractivity contribution in [3.63, 3.8) is 0 Å². The number of hydrogen-bond acceptors (Lipinski definition) is 8. The minimum absolute atomic E-state index is 0.0139. The highest BCUT2D eigenvalue weighted by molar-refractivity contribution is 5.97. The summed E-state index contributed by atoms with van der Waals surface area (Å²) in [6.07, 6.45) is 3.97. The van der Waals surface area contributed by atoms with Crippen LogP contribution < -0.4 is 0 Å². The fourth-order valence-corrected chi connectivity index (χ4v) is 2.20. The van der Waals surface area contributed by atoms with Crippen LogP contribution >= 0.6 is 0 Å². The Labute approximate surface area is 140 Å². The summed E-state index contributed by atoms with van der Waals surface area (Å²) in [5.41, 5.74) is -0.259. The maximum absolute atomic E-state index is 12.4. The van der Waals surface area contributed by atoms with Gasteiger partial charge < -0.3 is 9.47 Å². The van der Waals surface area contributed by atoms with Crippen LogP contribution in [0.5, 0.6) is 0 Å². The highest BCUT2D eigenvalue weighted by Crippen LogP contribution is 2.34. The lowest BCUT2D eigenvalue weighted by molar-refractivity contribution is -0.143. The second-order valence-electron chi connectivity index (χ2n) is 6.37. The molecule has 0 bridgehead atoms. The Hall–Kier alpha value is -1.48. The molecule has 0 aromatic carbocycles. The lowest BCUT2D eigenvalue weighted by atomic mass is 9.79. The monoisotopic (exact) mass is 344 g/mol. The van der Waals surface area contributed by atoms with Crippen molar-refractivity contribution in [1.82, 2.24) is 0 Å². The Kier molecular flexibility index (Phi) is 6.73. The van der Waals surface area contributed by atoms with E-state index in [-0.39, 0.29) is 18.8 Å². The first kappa shape index (κ1) is 18.9. The first-order valence-electron chi connectivity index (χ1n) is 8.12. The van der Waals surface area contributed by atoms with E-state index in [1.165, 1.54) is 6.08 Å². The van der Waals surface area contributed by atoms with Crippen molar-refractivity contribution in [1.29, 1.82) is 0 Å². The first-order chi connectivity index (χ1) is 11.4. The molecule has 8 nitrogen and oxygen atoms in total. The highest BCUT2D eigenvalue weighted by atomic mass is 17.4. The van der Waals surface area contributed by atoms with Gasteiger partial charge in [-0.25, -0.2) is 9.59 Å². The second-order valence-corrected chi connectivity index (χ2v) is 6.37. The molecule has 2 heterocycles. The molecule has 0 saturated carbocycles. The molecule has 2 saturated heterocycles. The summed E-state index contributed by atoms with van der Waals surface area (Å²) < 4.78 is 10.1. The van der Waals surface area contributed by atoms with Crippen molar-refractivity contribution >= 4 is 11.9 Å². The average Bonchev–Trinajstić information content (AvgIpc) is 3.42. The Morgan fingerprint density at radius 2 is 1.58 bits per heavy atom. The van der Waals surface area contributed by atoms with E-state index in [9.17, 15) is 9.59 Å². The van der Waals surface area contributed by atoms with Gasteiger partial charge in [0, 0.05) is 11.6 Å². The standard InChI is InChI=1S/C16H24O8/c1-4-5-6-7-16(2,3)11(15(18)20-10-14-23-24-14)8-12(17)19-9-13-21-22-13/h8,13-14H,4-7,9-10H2,1-3H3/b11-8-. The minimum atomic E-state index is -0.636. The molecular weight excluding hydrogens is 320 g/mol. The third-order valence-corrected chi connectivity index (χ3v) is 3.79. The fourth-order valence-electron chi connectivity index (χ4n) is 2.20. The van der Waals surface area contributed by atoms with E-state index >= 15 is 0 Å². The summed E-state index contributed by atoms with van der Waals surface area (Å²) in [5, 5.41) is 0. The van der Waals surface area contributed by atoms with Gasteiger partial charge in [-0.3, -0.25) is 0 Å². The van der Waals surface area contributed by atoms with Crippen LogP contribution in [0.25, 0.3) is 0 Å². The lowest BCUT2D eigenvalue weighted by Crippen LogP contribution is -2.26. The van der Waals surface area contributed by atoms with Crippen LogP contribution in [-0.2, 0) is 38.6 Å². The van der Waals surface area contributed by atoms with Crippen LogP contribution in [0.2, 0.25) is 0 Å². The summed E-state index contributed by atoms with van der Waals surface area (Å²) in [5.74, 6) is -1.21. The van der Waals surface area contributed by atoms with Gasteiger partial charge in [-0.05, 0) is 11.8 Å². The second kappa shape index (κ2) is 8.57. The van der Waals surface area contributed by atoms with Crippen molar-refractivity contribution in [2.24, 2.45) is 5.41 Å². The van der Waals surface area contributed by atoms with Crippen molar-refractivity contribution in [2.45, 2.75) is 59.0 Å².